The Morgan fingerprint density at radius 3 is 2.94 bits per heavy atom. The van der Waals surface area contributed by atoms with Crippen LogP contribution in [-0.2, 0) is 6.54 Å². The van der Waals surface area contributed by atoms with Crippen LogP contribution in [0.15, 0.2) is 40.2 Å². The first-order valence-corrected chi connectivity index (χ1v) is 5.92. The van der Waals surface area contributed by atoms with Gasteiger partial charge in [-0.15, -0.1) is 0 Å². The molecule has 2 aromatic rings. The van der Waals surface area contributed by atoms with E-state index in [9.17, 15) is 4.79 Å². The molecule has 1 heterocycles. The Bertz CT molecular complexity index is 695. The molecule has 1 N–H and O–H groups in total. The molecule has 0 aliphatic carbocycles. The zero-order chi connectivity index (χ0) is 12.4. The summed E-state index contributed by atoms with van der Waals surface area (Å²) in [7, 11) is 0. The first kappa shape index (κ1) is 12.1. The van der Waals surface area contributed by atoms with Crippen molar-refractivity contribution in [3.63, 3.8) is 0 Å². The van der Waals surface area contributed by atoms with E-state index in [0.29, 0.717) is 21.7 Å². The van der Waals surface area contributed by atoms with Crippen LogP contribution in [0, 0.1) is 4.77 Å². The molecule has 1 aromatic heterocycles. The van der Waals surface area contributed by atoms with Gasteiger partial charge in [-0.2, -0.15) is 0 Å². The Kier molecular flexibility index (Phi) is 3.45. The van der Waals surface area contributed by atoms with Gasteiger partial charge in [0.15, 0.2) is 4.77 Å². The Hall–Kier alpha value is -1.39. The molecule has 0 bridgehead atoms. The first-order valence-electron chi connectivity index (χ1n) is 5.13. The third-order valence-electron chi connectivity index (χ3n) is 2.44. The van der Waals surface area contributed by atoms with Gasteiger partial charge in [-0.05, 0) is 31.3 Å². The maximum Gasteiger partial charge on any atom is 0.262 e. The van der Waals surface area contributed by atoms with Crippen LogP contribution >= 0.6 is 23.8 Å². The predicted octanol–water partition coefficient (Wildman–Crippen LogP) is 3.20. The fraction of sp³-hybridized carbons (Fsp3) is 0.167. The van der Waals surface area contributed by atoms with Gasteiger partial charge < -0.3 is 4.98 Å². The molecule has 0 unspecified atom stereocenters. The molecule has 0 fully saturated rings. The maximum absolute atomic E-state index is 12.2. The Morgan fingerprint density at radius 2 is 2.24 bits per heavy atom. The maximum atomic E-state index is 12.2. The lowest BCUT2D eigenvalue weighted by Gasteiger charge is -2.05. The van der Waals surface area contributed by atoms with Crippen molar-refractivity contribution in [1.29, 1.82) is 0 Å². The van der Waals surface area contributed by atoms with Gasteiger partial charge in [0.1, 0.15) is 0 Å². The average Bonchev–Trinajstić information content (AvgIpc) is 2.28. The van der Waals surface area contributed by atoms with Crippen LogP contribution in [0.3, 0.4) is 0 Å². The van der Waals surface area contributed by atoms with Gasteiger partial charge in [-0.1, -0.05) is 29.8 Å². The highest BCUT2D eigenvalue weighted by molar-refractivity contribution is 7.71. The number of H-pyrrole nitrogens is 1. The number of benzene rings is 1. The summed E-state index contributed by atoms with van der Waals surface area (Å²) in [5, 5.41) is 1.26. The van der Waals surface area contributed by atoms with Gasteiger partial charge in [-0.25, -0.2) is 0 Å². The summed E-state index contributed by atoms with van der Waals surface area (Å²) in [5.74, 6) is 0. The number of nitrogens with zero attached hydrogens (tertiary/aromatic N) is 1. The number of para-hydroxylation sites is 1. The van der Waals surface area contributed by atoms with Crippen molar-refractivity contribution in [3.8, 4) is 0 Å². The number of aromatic amines is 1. The van der Waals surface area contributed by atoms with Crippen molar-refractivity contribution in [1.82, 2.24) is 9.55 Å². The second-order valence-corrected chi connectivity index (χ2v) is 4.67. The minimum Gasteiger partial charge on any atom is -0.332 e. The molecule has 0 spiro atoms. The van der Waals surface area contributed by atoms with E-state index in [1.54, 1.807) is 19.1 Å². The van der Waals surface area contributed by atoms with E-state index < -0.39 is 0 Å². The lowest BCUT2D eigenvalue weighted by molar-refractivity contribution is 0.750. The van der Waals surface area contributed by atoms with Gasteiger partial charge in [0.2, 0.25) is 0 Å². The number of hydrogen-bond donors (Lipinski definition) is 1. The van der Waals surface area contributed by atoms with E-state index >= 15 is 0 Å². The van der Waals surface area contributed by atoms with Crippen LogP contribution in [0.2, 0.25) is 0 Å². The quantitative estimate of drug-likeness (QED) is 0.848. The molecule has 0 atom stereocenters. The largest absolute Gasteiger partial charge is 0.332 e. The third kappa shape index (κ3) is 2.48. The second-order valence-electron chi connectivity index (χ2n) is 3.68. The average molecular weight is 267 g/mol. The molecule has 2 rings (SSSR count). The first-order chi connectivity index (χ1) is 8.09. The lowest BCUT2D eigenvalue weighted by atomic mass is 10.2. The minimum atomic E-state index is -0.0986. The predicted molar refractivity (Wildman–Crippen MR) is 73.0 cm³/mol. The molecule has 17 heavy (non-hydrogen) atoms. The Labute approximate surface area is 108 Å². The molecule has 0 saturated carbocycles. The van der Waals surface area contributed by atoms with Gasteiger partial charge >= 0.3 is 0 Å². The summed E-state index contributed by atoms with van der Waals surface area (Å²) >= 11 is 10.9. The van der Waals surface area contributed by atoms with E-state index in [0.717, 1.165) is 5.52 Å². The van der Waals surface area contributed by atoms with E-state index in [4.69, 9.17) is 23.8 Å². The summed E-state index contributed by atoms with van der Waals surface area (Å²) < 4.78 is 1.90. The van der Waals surface area contributed by atoms with Crippen molar-refractivity contribution in [3.05, 3.63) is 50.5 Å². The Balaban J connectivity index is 2.69. The number of nitrogens with one attached hydrogen (secondary N) is 1. The lowest BCUT2D eigenvalue weighted by Crippen LogP contribution is -2.21. The summed E-state index contributed by atoms with van der Waals surface area (Å²) in [6, 6.07) is 7.30. The summed E-state index contributed by atoms with van der Waals surface area (Å²) in [6.45, 7) is 2.15. The number of aromatic nitrogens is 2. The summed E-state index contributed by atoms with van der Waals surface area (Å²) in [4.78, 5) is 15.2. The number of rotatable bonds is 2. The van der Waals surface area contributed by atoms with E-state index in [1.807, 2.05) is 18.2 Å². The highest BCUT2D eigenvalue weighted by Gasteiger charge is 2.03. The van der Waals surface area contributed by atoms with E-state index in [1.165, 1.54) is 4.57 Å². The van der Waals surface area contributed by atoms with Crippen molar-refractivity contribution in [2.24, 2.45) is 0 Å². The molecule has 0 aliphatic heterocycles. The van der Waals surface area contributed by atoms with Crippen LogP contribution in [0.1, 0.15) is 6.92 Å². The van der Waals surface area contributed by atoms with Crippen LogP contribution in [0.5, 0.6) is 0 Å². The Morgan fingerprint density at radius 1 is 1.53 bits per heavy atom. The van der Waals surface area contributed by atoms with E-state index in [-0.39, 0.29) is 5.56 Å². The molecule has 5 heteroatoms. The molecule has 0 aliphatic rings. The van der Waals surface area contributed by atoms with Crippen molar-refractivity contribution in [2.45, 2.75) is 13.5 Å². The molecule has 0 radical (unpaired) electrons. The van der Waals surface area contributed by atoms with Crippen molar-refractivity contribution in [2.75, 3.05) is 0 Å². The molecule has 0 saturated heterocycles. The number of halogens is 1. The van der Waals surface area contributed by atoms with Crippen molar-refractivity contribution < 1.29 is 0 Å². The molecule has 0 amide bonds. The van der Waals surface area contributed by atoms with Gasteiger partial charge in [0.05, 0.1) is 10.9 Å². The molecule has 88 valence electrons. The van der Waals surface area contributed by atoms with Crippen LogP contribution in [0.25, 0.3) is 10.9 Å². The van der Waals surface area contributed by atoms with Gasteiger partial charge in [0.25, 0.3) is 5.56 Å². The fourth-order valence-corrected chi connectivity index (χ4v) is 1.92. The highest BCUT2D eigenvalue weighted by Crippen LogP contribution is 2.06. The van der Waals surface area contributed by atoms with Gasteiger partial charge in [-0.3, -0.25) is 9.36 Å². The molecular weight excluding hydrogens is 256 g/mol. The van der Waals surface area contributed by atoms with Crippen LogP contribution in [0.4, 0.5) is 0 Å². The normalized spacial score (nSPS) is 12.0. The van der Waals surface area contributed by atoms with Crippen LogP contribution in [-0.4, -0.2) is 9.55 Å². The fourth-order valence-electron chi connectivity index (χ4n) is 1.58. The number of fused-ring (bicyclic) bond motifs is 1. The summed E-state index contributed by atoms with van der Waals surface area (Å²) in [5.41, 5.74) is 0.656. The molecular formula is C12H11ClN2OS. The smallest absolute Gasteiger partial charge is 0.262 e. The van der Waals surface area contributed by atoms with Crippen molar-refractivity contribution >= 4 is 34.7 Å². The third-order valence-corrected chi connectivity index (χ3v) is 2.92. The minimum absolute atomic E-state index is 0.0986. The highest BCUT2D eigenvalue weighted by atomic mass is 35.5. The molecule has 3 nitrogen and oxygen atoms in total. The number of allylic oxidation sites excluding steroid dienone is 2. The topological polar surface area (TPSA) is 37.8 Å². The zero-order valence-corrected chi connectivity index (χ0v) is 10.8. The summed E-state index contributed by atoms with van der Waals surface area (Å²) in [6.07, 6.45) is 1.75. The monoisotopic (exact) mass is 266 g/mol. The standard InChI is InChI=1S/C12H11ClN2OS/c1-8(13)6-7-15-11(16)9-4-2-3-5-10(9)14-12(15)17/h2-6H,7H2,1H3,(H,14,17)/b8-6-. The SMILES string of the molecule is C/C(Cl)=C/Cn1c(=S)[nH]c2ccccc2c1=O. The second kappa shape index (κ2) is 4.85. The number of hydrogen-bond acceptors (Lipinski definition) is 2. The van der Waals surface area contributed by atoms with Crippen LogP contribution < -0.4 is 5.56 Å². The van der Waals surface area contributed by atoms with Gasteiger partial charge in [0, 0.05) is 11.6 Å². The van der Waals surface area contributed by atoms with E-state index in [2.05, 4.69) is 4.98 Å². The molecule has 1 aromatic carbocycles. The zero-order valence-electron chi connectivity index (χ0n) is 9.24.